The summed E-state index contributed by atoms with van der Waals surface area (Å²) >= 11 is 0. The van der Waals surface area contributed by atoms with Gasteiger partial charge in [-0.05, 0) is 86.3 Å². The Labute approximate surface area is 234 Å². The Morgan fingerprint density at radius 2 is 1.77 bits per heavy atom. The average Bonchev–Trinajstić information content (AvgIpc) is 3.30. The fraction of sp³-hybridized carbons (Fsp3) is 0.281. The third kappa shape index (κ3) is 5.98. The second-order valence-electron chi connectivity index (χ2n) is 10.4. The van der Waals surface area contributed by atoms with Gasteiger partial charge < -0.3 is 26.0 Å². The van der Waals surface area contributed by atoms with Crippen LogP contribution in [-0.2, 0) is 4.79 Å². The zero-order chi connectivity index (χ0) is 28.1. The number of aliphatic hydroxyl groups excluding tert-OH is 1. The number of likely N-dealkylation sites (tertiary alicyclic amines) is 1. The lowest BCUT2D eigenvalue weighted by Gasteiger charge is -2.30. The summed E-state index contributed by atoms with van der Waals surface area (Å²) in [6, 6.07) is 20.3. The van der Waals surface area contributed by atoms with E-state index in [1.54, 1.807) is 18.2 Å². The molecule has 4 N–H and O–H groups in total. The number of carbonyl (C=O) groups excluding carboxylic acids is 3. The van der Waals surface area contributed by atoms with Crippen LogP contribution in [0.1, 0.15) is 50.2 Å². The van der Waals surface area contributed by atoms with Gasteiger partial charge in [-0.25, -0.2) is 0 Å². The van der Waals surface area contributed by atoms with Crippen molar-refractivity contribution in [3.8, 4) is 0 Å². The highest BCUT2D eigenvalue weighted by Crippen LogP contribution is 2.38. The van der Waals surface area contributed by atoms with Crippen molar-refractivity contribution in [2.45, 2.75) is 19.8 Å². The van der Waals surface area contributed by atoms with Gasteiger partial charge in [-0.1, -0.05) is 30.3 Å². The maximum atomic E-state index is 13.2. The molecule has 3 aromatic rings. The highest BCUT2D eigenvalue weighted by atomic mass is 16.3. The third-order valence-electron chi connectivity index (χ3n) is 7.69. The molecule has 0 aliphatic carbocycles. The van der Waals surface area contributed by atoms with Crippen LogP contribution < -0.4 is 16.0 Å². The molecule has 2 amide bonds. The second-order valence-corrected chi connectivity index (χ2v) is 10.4. The Balaban J connectivity index is 1.32. The molecule has 0 unspecified atom stereocenters. The SMILES string of the molecule is Cc1cc2c(cc1C=O)NC(=O)/C2=C(\Nc1ccc(C(=O)NCCN2CCC(CO)CC2)cc1)c1ccccc1. The Hall–Kier alpha value is -4.27. The van der Waals surface area contributed by atoms with E-state index in [1.807, 2.05) is 55.5 Å². The zero-order valence-corrected chi connectivity index (χ0v) is 22.6. The maximum absolute atomic E-state index is 13.2. The zero-order valence-electron chi connectivity index (χ0n) is 22.6. The Morgan fingerprint density at radius 3 is 2.45 bits per heavy atom. The largest absolute Gasteiger partial charge is 0.396 e. The quantitative estimate of drug-likeness (QED) is 0.240. The first-order valence-electron chi connectivity index (χ1n) is 13.7. The number of anilines is 2. The molecule has 1 fully saturated rings. The molecule has 0 aromatic heterocycles. The number of aliphatic hydroxyl groups is 1. The number of amides is 2. The highest BCUT2D eigenvalue weighted by Gasteiger charge is 2.29. The minimum Gasteiger partial charge on any atom is -0.396 e. The van der Waals surface area contributed by atoms with E-state index >= 15 is 0 Å². The molecule has 0 saturated carbocycles. The van der Waals surface area contributed by atoms with Gasteiger partial charge in [0, 0.05) is 47.8 Å². The third-order valence-corrected chi connectivity index (χ3v) is 7.69. The van der Waals surface area contributed by atoms with Crippen LogP contribution in [0, 0.1) is 12.8 Å². The molecule has 1 saturated heterocycles. The summed E-state index contributed by atoms with van der Waals surface area (Å²) in [6.07, 6.45) is 2.78. The fourth-order valence-electron chi connectivity index (χ4n) is 5.27. The highest BCUT2D eigenvalue weighted by molar-refractivity contribution is 6.37. The van der Waals surface area contributed by atoms with E-state index in [0.717, 1.165) is 61.1 Å². The lowest BCUT2D eigenvalue weighted by molar-refractivity contribution is -0.110. The van der Waals surface area contributed by atoms with E-state index in [2.05, 4.69) is 20.9 Å². The van der Waals surface area contributed by atoms with Gasteiger partial charge in [0.2, 0.25) is 0 Å². The molecule has 3 aromatic carbocycles. The van der Waals surface area contributed by atoms with Crippen molar-refractivity contribution in [2.75, 3.05) is 43.4 Å². The minimum atomic E-state index is -0.250. The number of aryl methyl sites for hydroxylation is 1. The number of carbonyl (C=O) groups is 3. The number of nitrogens with one attached hydrogen (secondary N) is 3. The van der Waals surface area contributed by atoms with Gasteiger partial charge in [-0.3, -0.25) is 14.4 Å². The molecule has 5 rings (SSSR count). The molecule has 0 bridgehead atoms. The normalized spacial score (nSPS) is 16.7. The van der Waals surface area contributed by atoms with Gasteiger partial charge >= 0.3 is 0 Å². The van der Waals surface area contributed by atoms with E-state index in [1.165, 1.54) is 0 Å². The maximum Gasteiger partial charge on any atom is 0.258 e. The predicted molar refractivity (Wildman–Crippen MR) is 157 cm³/mol. The Morgan fingerprint density at radius 1 is 1.05 bits per heavy atom. The van der Waals surface area contributed by atoms with Crippen LogP contribution in [0.4, 0.5) is 11.4 Å². The molecular weight excluding hydrogens is 504 g/mol. The van der Waals surface area contributed by atoms with Crippen molar-refractivity contribution >= 4 is 40.7 Å². The number of benzene rings is 3. The molecule has 0 radical (unpaired) electrons. The number of fused-ring (bicyclic) bond motifs is 1. The molecule has 2 aliphatic heterocycles. The van der Waals surface area contributed by atoms with E-state index in [0.29, 0.717) is 40.5 Å². The Bertz CT molecular complexity index is 1430. The number of hydrogen-bond acceptors (Lipinski definition) is 6. The van der Waals surface area contributed by atoms with Crippen LogP contribution >= 0.6 is 0 Å². The smallest absolute Gasteiger partial charge is 0.258 e. The average molecular weight is 539 g/mol. The van der Waals surface area contributed by atoms with Crippen molar-refractivity contribution in [1.29, 1.82) is 0 Å². The second kappa shape index (κ2) is 12.3. The van der Waals surface area contributed by atoms with Crippen LogP contribution in [0.2, 0.25) is 0 Å². The topological polar surface area (TPSA) is 111 Å². The predicted octanol–water partition coefficient (Wildman–Crippen LogP) is 4.17. The molecule has 0 atom stereocenters. The summed E-state index contributed by atoms with van der Waals surface area (Å²) in [7, 11) is 0. The van der Waals surface area contributed by atoms with Crippen molar-refractivity contribution in [1.82, 2.24) is 10.2 Å². The van der Waals surface area contributed by atoms with Gasteiger partial charge in [0.05, 0.1) is 11.3 Å². The van der Waals surface area contributed by atoms with Crippen LogP contribution in [-0.4, -0.2) is 60.9 Å². The Kier molecular flexibility index (Phi) is 8.38. The van der Waals surface area contributed by atoms with E-state index < -0.39 is 0 Å². The molecular formula is C32H34N4O4. The van der Waals surface area contributed by atoms with E-state index in [-0.39, 0.29) is 18.4 Å². The molecule has 0 spiro atoms. The summed E-state index contributed by atoms with van der Waals surface area (Å²) in [5, 5.41) is 18.6. The summed E-state index contributed by atoms with van der Waals surface area (Å²) < 4.78 is 0. The van der Waals surface area contributed by atoms with Gasteiger partial charge in [0.25, 0.3) is 11.8 Å². The number of piperidine rings is 1. The van der Waals surface area contributed by atoms with Gasteiger partial charge in [-0.2, -0.15) is 0 Å². The van der Waals surface area contributed by atoms with E-state index in [4.69, 9.17) is 0 Å². The molecule has 40 heavy (non-hydrogen) atoms. The summed E-state index contributed by atoms with van der Waals surface area (Å²) in [6.45, 7) is 5.34. The lowest BCUT2D eigenvalue weighted by Crippen LogP contribution is -2.40. The summed E-state index contributed by atoms with van der Waals surface area (Å²) in [5.41, 5.74) is 5.92. The fourth-order valence-corrected chi connectivity index (χ4v) is 5.27. The lowest BCUT2D eigenvalue weighted by atomic mass is 9.97. The van der Waals surface area contributed by atoms with E-state index in [9.17, 15) is 19.5 Å². The monoisotopic (exact) mass is 538 g/mol. The number of rotatable bonds is 9. The van der Waals surface area contributed by atoms with Gasteiger partial charge in [0.1, 0.15) is 6.29 Å². The van der Waals surface area contributed by atoms with Crippen molar-refractivity contribution < 1.29 is 19.5 Å². The summed E-state index contributed by atoms with van der Waals surface area (Å²) in [5.74, 6) is 0.0117. The van der Waals surface area contributed by atoms with Crippen LogP contribution in [0.25, 0.3) is 11.3 Å². The van der Waals surface area contributed by atoms with Gasteiger partial charge in [-0.15, -0.1) is 0 Å². The van der Waals surface area contributed by atoms with Gasteiger partial charge in [0.15, 0.2) is 0 Å². The molecule has 206 valence electrons. The first-order chi connectivity index (χ1) is 19.5. The molecule has 8 heteroatoms. The van der Waals surface area contributed by atoms with Crippen LogP contribution in [0.3, 0.4) is 0 Å². The van der Waals surface area contributed by atoms with Crippen molar-refractivity contribution in [3.05, 3.63) is 94.5 Å². The van der Waals surface area contributed by atoms with Crippen molar-refractivity contribution in [2.24, 2.45) is 5.92 Å². The number of hydrogen-bond donors (Lipinski definition) is 4. The van der Waals surface area contributed by atoms with Crippen molar-refractivity contribution in [3.63, 3.8) is 0 Å². The minimum absolute atomic E-state index is 0.135. The molecule has 2 heterocycles. The standard InChI is InChI=1S/C32H34N4O4/c1-21-17-27-28(18-25(21)20-38)35-32(40)29(27)30(23-5-3-2-4-6-23)34-26-9-7-24(8-10-26)31(39)33-13-16-36-14-11-22(19-37)12-15-36/h2-10,17-18,20,22,34,37H,11-16,19H2,1H3,(H,33,39)(H,35,40)/b30-29-. The number of nitrogens with zero attached hydrogens (tertiary/aromatic N) is 1. The van der Waals surface area contributed by atoms with Crippen LogP contribution in [0.5, 0.6) is 0 Å². The first kappa shape index (κ1) is 27.3. The molecule has 2 aliphatic rings. The first-order valence-corrected chi connectivity index (χ1v) is 13.7. The summed E-state index contributed by atoms with van der Waals surface area (Å²) in [4.78, 5) is 39.7. The van der Waals surface area contributed by atoms with Crippen LogP contribution in [0.15, 0.2) is 66.7 Å². The number of aldehydes is 1. The molecule has 8 nitrogen and oxygen atoms in total.